The van der Waals surface area contributed by atoms with Crippen LogP contribution < -0.4 is 10.9 Å². The zero-order valence-electron chi connectivity index (χ0n) is 11.0. The van der Waals surface area contributed by atoms with Gasteiger partial charge in [0.1, 0.15) is 5.60 Å². The summed E-state index contributed by atoms with van der Waals surface area (Å²) in [5, 5.41) is 0. The Morgan fingerprint density at radius 1 is 1.29 bits per heavy atom. The third-order valence-electron chi connectivity index (χ3n) is 3.06. The highest BCUT2D eigenvalue weighted by molar-refractivity contribution is 5.67. The van der Waals surface area contributed by atoms with Crippen molar-refractivity contribution in [1.82, 2.24) is 15.8 Å². The third kappa shape index (κ3) is 4.16. The van der Waals surface area contributed by atoms with Gasteiger partial charge in [0.15, 0.2) is 0 Å². The second-order valence-electron chi connectivity index (χ2n) is 5.98. The number of ether oxygens (including phenoxy) is 1. The first-order chi connectivity index (χ1) is 7.94. The molecule has 1 amide bonds. The summed E-state index contributed by atoms with van der Waals surface area (Å²) in [4.78, 5) is 13.9. The highest BCUT2D eigenvalue weighted by atomic mass is 16.6. The summed E-state index contributed by atoms with van der Waals surface area (Å²) >= 11 is 0. The average Bonchev–Trinajstić information content (AvgIpc) is 2.93. The third-order valence-corrected chi connectivity index (χ3v) is 3.06. The van der Waals surface area contributed by atoms with E-state index in [1.807, 2.05) is 20.8 Å². The molecule has 17 heavy (non-hydrogen) atoms. The predicted molar refractivity (Wildman–Crippen MR) is 65.5 cm³/mol. The first kappa shape index (κ1) is 12.6. The molecule has 0 bridgehead atoms. The molecule has 0 aromatic rings. The lowest BCUT2D eigenvalue weighted by molar-refractivity contribution is 0.0488. The maximum absolute atomic E-state index is 11.4. The van der Waals surface area contributed by atoms with Crippen molar-refractivity contribution in [2.75, 3.05) is 13.1 Å². The molecule has 1 atom stereocenters. The number of carbonyl (C=O) groups is 1. The van der Waals surface area contributed by atoms with Crippen LogP contribution in [0.3, 0.4) is 0 Å². The highest BCUT2D eigenvalue weighted by Gasteiger charge is 2.34. The number of hydrazine groups is 1. The molecule has 1 aliphatic carbocycles. The molecule has 0 aromatic heterocycles. The Labute approximate surface area is 103 Å². The van der Waals surface area contributed by atoms with Crippen LogP contribution in [0.1, 0.15) is 40.0 Å². The molecule has 5 nitrogen and oxygen atoms in total. The Morgan fingerprint density at radius 2 is 2.00 bits per heavy atom. The average molecular weight is 241 g/mol. The second-order valence-corrected chi connectivity index (χ2v) is 5.98. The fraction of sp³-hybridized carbons (Fsp3) is 0.917. The number of carbonyl (C=O) groups excluding carboxylic acids is 1. The van der Waals surface area contributed by atoms with Gasteiger partial charge in [0.2, 0.25) is 0 Å². The first-order valence-corrected chi connectivity index (χ1v) is 6.42. The molecule has 2 fully saturated rings. The molecule has 2 aliphatic rings. The Hall–Kier alpha value is -0.810. The summed E-state index contributed by atoms with van der Waals surface area (Å²) in [6.07, 6.45) is 3.37. The number of likely N-dealkylation sites (tertiary alicyclic amines) is 1. The normalized spacial score (nSPS) is 25.9. The van der Waals surface area contributed by atoms with E-state index in [0.717, 1.165) is 25.6 Å². The van der Waals surface area contributed by atoms with Crippen LogP contribution in [-0.4, -0.2) is 41.8 Å². The molecule has 1 saturated carbocycles. The number of rotatable bonds is 3. The maximum Gasteiger partial charge on any atom is 0.422 e. The standard InChI is InChI=1S/C12H23N3O2/c1-12(2,3)17-11(16)14-13-9-6-7-15(8-9)10-4-5-10/h9-10,13H,4-8H2,1-3H3,(H,14,16)/t9-/m0/s1. The lowest BCUT2D eigenvalue weighted by Crippen LogP contribution is -2.47. The van der Waals surface area contributed by atoms with E-state index in [4.69, 9.17) is 4.74 Å². The van der Waals surface area contributed by atoms with Crippen LogP contribution in [0.25, 0.3) is 0 Å². The second kappa shape index (κ2) is 4.82. The van der Waals surface area contributed by atoms with Crippen LogP contribution in [0.2, 0.25) is 0 Å². The number of hydrogen-bond acceptors (Lipinski definition) is 4. The number of amides is 1. The minimum absolute atomic E-state index is 0.350. The molecule has 0 radical (unpaired) electrons. The summed E-state index contributed by atoms with van der Waals surface area (Å²) in [5.74, 6) is 0. The van der Waals surface area contributed by atoms with Crippen molar-refractivity contribution >= 4 is 6.09 Å². The van der Waals surface area contributed by atoms with Gasteiger partial charge in [0.25, 0.3) is 0 Å². The predicted octanol–water partition coefficient (Wildman–Crippen LogP) is 1.25. The van der Waals surface area contributed by atoms with E-state index < -0.39 is 11.7 Å². The smallest absolute Gasteiger partial charge is 0.422 e. The zero-order chi connectivity index (χ0) is 12.5. The summed E-state index contributed by atoms with van der Waals surface area (Å²) in [6, 6.07) is 1.16. The minimum atomic E-state index is -0.443. The SMILES string of the molecule is CC(C)(C)OC(=O)NN[C@H]1CCN(C2CC2)C1. The topological polar surface area (TPSA) is 53.6 Å². The Morgan fingerprint density at radius 3 is 2.59 bits per heavy atom. The van der Waals surface area contributed by atoms with Crippen molar-refractivity contribution in [3.63, 3.8) is 0 Å². The summed E-state index contributed by atoms with van der Waals surface area (Å²) in [5.41, 5.74) is 5.23. The summed E-state index contributed by atoms with van der Waals surface area (Å²) < 4.78 is 5.16. The van der Waals surface area contributed by atoms with Crippen molar-refractivity contribution in [3.8, 4) is 0 Å². The van der Waals surface area contributed by atoms with Crippen LogP contribution >= 0.6 is 0 Å². The largest absolute Gasteiger partial charge is 0.443 e. The van der Waals surface area contributed by atoms with Crippen molar-refractivity contribution in [2.45, 2.75) is 57.7 Å². The fourth-order valence-electron chi connectivity index (χ4n) is 2.14. The van der Waals surface area contributed by atoms with E-state index in [2.05, 4.69) is 15.8 Å². The van der Waals surface area contributed by atoms with Crippen LogP contribution in [0, 0.1) is 0 Å². The van der Waals surface area contributed by atoms with Crippen LogP contribution in [0.5, 0.6) is 0 Å². The van der Waals surface area contributed by atoms with E-state index in [9.17, 15) is 4.79 Å². The molecular weight excluding hydrogens is 218 g/mol. The van der Waals surface area contributed by atoms with Gasteiger partial charge in [-0.05, 0) is 40.0 Å². The first-order valence-electron chi connectivity index (χ1n) is 6.42. The Kier molecular flexibility index (Phi) is 3.58. The van der Waals surface area contributed by atoms with Gasteiger partial charge in [-0.2, -0.15) is 0 Å². The molecule has 1 heterocycles. The van der Waals surface area contributed by atoms with Crippen molar-refractivity contribution in [3.05, 3.63) is 0 Å². The van der Waals surface area contributed by atoms with Gasteiger partial charge in [0.05, 0.1) is 0 Å². The van der Waals surface area contributed by atoms with E-state index in [1.165, 1.54) is 12.8 Å². The maximum atomic E-state index is 11.4. The van der Waals surface area contributed by atoms with Crippen molar-refractivity contribution < 1.29 is 9.53 Å². The van der Waals surface area contributed by atoms with Crippen LogP contribution in [0.4, 0.5) is 4.79 Å². The molecule has 1 aliphatic heterocycles. The van der Waals surface area contributed by atoms with Crippen molar-refractivity contribution in [2.24, 2.45) is 0 Å². The zero-order valence-corrected chi connectivity index (χ0v) is 11.0. The summed E-state index contributed by atoms with van der Waals surface area (Å²) in [7, 11) is 0. The van der Waals surface area contributed by atoms with Crippen LogP contribution in [-0.2, 0) is 4.74 Å². The quantitative estimate of drug-likeness (QED) is 0.730. The number of nitrogens with zero attached hydrogens (tertiary/aromatic N) is 1. The lowest BCUT2D eigenvalue weighted by Gasteiger charge is -2.21. The molecular formula is C12H23N3O2. The monoisotopic (exact) mass is 241 g/mol. The molecule has 1 saturated heterocycles. The molecule has 2 N–H and O–H groups in total. The van der Waals surface area contributed by atoms with E-state index in [1.54, 1.807) is 0 Å². The van der Waals surface area contributed by atoms with Gasteiger partial charge in [0, 0.05) is 25.2 Å². The summed E-state index contributed by atoms with van der Waals surface area (Å²) in [6.45, 7) is 7.74. The van der Waals surface area contributed by atoms with Crippen molar-refractivity contribution in [1.29, 1.82) is 0 Å². The van der Waals surface area contributed by atoms with Gasteiger partial charge in [-0.1, -0.05) is 0 Å². The number of hydrogen-bond donors (Lipinski definition) is 2. The molecule has 2 rings (SSSR count). The fourth-order valence-corrected chi connectivity index (χ4v) is 2.14. The lowest BCUT2D eigenvalue weighted by atomic mass is 10.2. The van der Waals surface area contributed by atoms with Gasteiger partial charge < -0.3 is 4.74 Å². The van der Waals surface area contributed by atoms with Gasteiger partial charge in [-0.15, -0.1) is 0 Å². The Balaban J connectivity index is 1.63. The Bertz CT molecular complexity index is 284. The molecule has 0 aromatic carbocycles. The van der Waals surface area contributed by atoms with E-state index in [0.29, 0.717) is 6.04 Å². The van der Waals surface area contributed by atoms with Crippen LogP contribution in [0.15, 0.2) is 0 Å². The molecule has 0 unspecified atom stereocenters. The molecule has 0 spiro atoms. The van der Waals surface area contributed by atoms with E-state index >= 15 is 0 Å². The minimum Gasteiger partial charge on any atom is -0.443 e. The molecule has 5 heteroatoms. The van der Waals surface area contributed by atoms with E-state index in [-0.39, 0.29) is 0 Å². The number of nitrogens with one attached hydrogen (secondary N) is 2. The molecule has 98 valence electrons. The van der Waals surface area contributed by atoms with Gasteiger partial charge in [-0.25, -0.2) is 10.2 Å². The van der Waals surface area contributed by atoms with Gasteiger partial charge >= 0.3 is 6.09 Å². The highest BCUT2D eigenvalue weighted by Crippen LogP contribution is 2.29. The van der Waals surface area contributed by atoms with Gasteiger partial charge in [-0.3, -0.25) is 10.3 Å².